The van der Waals surface area contributed by atoms with Gasteiger partial charge in [-0.15, -0.1) is 11.3 Å². The number of nitrogens with zero attached hydrogens (tertiary/aromatic N) is 1. The third-order valence-corrected chi connectivity index (χ3v) is 3.40. The van der Waals surface area contributed by atoms with Gasteiger partial charge >= 0.3 is 0 Å². The first kappa shape index (κ1) is 12.3. The Bertz CT molecular complexity index is 526. The summed E-state index contributed by atoms with van der Waals surface area (Å²) in [5.74, 6) is 0. The second-order valence-electron chi connectivity index (χ2n) is 3.33. The third-order valence-electron chi connectivity index (χ3n) is 2.16. The highest BCUT2D eigenvalue weighted by Gasteiger charge is 2.06. The molecule has 3 nitrogen and oxygen atoms in total. The summed E-state index contributed by atoms with van der Waals surface area (Å²) in [7, 11) is 0. The van der Waals surface area contributed by atoms with Crippen LogP contribution in [0, 0.1) is 0 Å². The number of hydrogen-bond donors (Lipinski definition) is 2. The first-order valence-corrected chi connectivity index (χ1v) is 6.55. The van der Waals surface area contributed by atoms with Crippen LogP contribution < -0.4 is 11.1 Å². The van der Waals surface area contributed by atoms with Gasteiger partial charge in [0.05, 0.1) is 6.54 Å². The van der Waals surface area contributed by atoms with Crippen LogP contribution in [0.25, 0.3) is 0 Å². The summed E-state index contributed by atoms with van der Waals surface area (Å²) < 4.78 is 0. The summed E-state index contributed by atoms with van der Waals surface area (Å²) in [6.45, 7) is 0.633. The summed E-state index contributed by atoms with van der Waals surface area (Å²) in [5, 5.41) is 6.81. The molecule has 1 aromatic heterocycles. The van der Waals surface area contributed by atoms with E-state index in [2.05, 4.69) is 10.3 Å². The number of halogens is 1. The van der Waals surface area contributed by atoms with E-state index in [9.17, 15) is 0 Å². The minimum atomic E-state index is 0.350. The van der Waals surface area contributed by atoms with Crippen LogP contribution in [0.2, 0.25) is 5.02 Å². The molecule has 0 fully saturated rings. The minimum Gasteiger partial charge on any atom is -0.389 e. The zero-order valence-electron chi connectivity index (χ0n) is 8.81. The first-order valence-electron chi connectivity index (χ1n) is 4.88. The zero-order chi connectivity index (χ0) is 12.3. The Morgan fingerprint density at radius 3 is 3.00 bits per heavy atom. The van der Waals surface area contributed by atoms with E-state index in [0.29, 0.717) is 16.6 Å². The Hall–Kier alpha value is -1.17. The lowest BCUT2D eigenvalue weighted by Crippen LogP contribution is -2.13. The fourth-order valence-corrected chi connectivity index (χ4v) is 2.29. The molecule has 0 aliphatic rings. The van der Waals surface area contributed by atoms with Crippen molar-refractivity contribution in [3.05, 3.63) is 45.4 Å². The van der Waals surface area contributed by atoms with Crippen LogP contribution in [0.15, 0.2) is 29.8 Å². The van der Waals surface area contributed by atoms with Crippen LogP contribution >= 0.6 is 35.2 Å². The van der Waals surface area contributed by atoms with E-state index in [4.69, 9.17) is 29.6 Å². The van der Waals surface area contributed by atoms with Crippen molar-refractivity contribution in [1.29, 1.82) is 0 Å². The average Bonchev–Trinajstić information content (AvgIpc) is 2.78. The Morgan fingerprint density at radius 2 is 2.35 bits per heavy atom. The second-order valence-corrected chi connectivity index (χ2v) is 5.19. The number of nitrogens with one attached hydrogen (secondary N) is 1. The number of hydrogen-bond acceptors (Lipinski definition) is 4. The summed E-state index contributed by atoms with van der Waals surface area (Å²) in [5.41, 5.74) is 7.28. The van der Waals surface area contributed by atoms with E-state index in [1.807, 2.05) is 17.5 Å². The highest BCUT2D eigenvalue weighted by molar-refractivity contribution is 7.80. The molecule has 88 valence electrons. The Labute approximate surface area is 114 Å². The molecule has 0 unspecified atom stereocenters. The largest absolute Gasteiger partial charge is 0.389 e. The first-order chi connectivity index (χ1) is 8.16. The molecule has 2 aromatic rings. The maximum atomic E-state index is 5.95. The number of thiocarbonyl (C=S) groups is 1. The Morgan fingerprint density at radius 1 is 1.53 bits per heavy atom. The van der Waals surface area contributed by atoms with Crippen LogP contribution in [0.5, 0.6) is 0 Å². The van der Waals surface area contributed by atoms with Gasteiger partial charge in [-0.2, -0.15) is 0 Å². The molecule has 0 amide bonds. The molecule has 0 atom stereocenters. The van der Waals surface area contributed by atoms with E-state index in [-0.39, 0.29) is 0 Å². The number of aromatic nitrogens is 1. The third kappa shape index (κ3) is 3.15. The highest BCUT2D eigenvalue weighted by Crippen LogP contribution is 2.22. The van der Waals surface area contributed by atoms with Crippen molar-refractivity contribution >= 4 is 45.8 Å². The molecule has 0 saturated heterocycles. The minimum absolute atomic E-state index is 0.350. The standard InChI is InChI=1S/C11H10ClN3S2/c12-7-1-2-8(11(13)16)9(5-7)15-6-10-14-3-4-17-10/h1-5,15H,6H2,(H2,13,16). The van der Waals surface area contributed by atoms with E-state index in [0.717, 1.165) is 16.3 Å². The highest BCUT2D eigenvalue weighted by atomic mass is 35.5. The SMILES string of the molecule is NC(=S)c1ccc(Cl)cc1NCc1nccs1. The molecular weight excluding hydrogens is 274 g/mol. The van der Waals surface area contributed by atoms with Crippen molar-refractivity contribution < 1.29 is 0 Å². The molecule has 17 heavy (non-hydrogen) atoms. The Balaban J connectivity index is 2.19. The maximum absolute atomic E-state index is 5.95. The van der Waals surface area contributed by atoms with Gasteiger partial charge in [0, 0.05) is 27.9 Å². The van der Waals surface area contributed by atoms with E-state index >= 15 is 0 Å². The van der Waals surface area contributed by atoms with Crippen molar-refractivity contribution in [2.75, 3.05) is 5.32 Å². The molecule has 1 aromatic carbocycles. The average molecular weight is 284 g/mol. The number of nitrogens with two attached hydrogens (primary N) is 1. The predicted octanol–water partition coefficient (Wildman–Crippen LogP) is 3.04. The molecular formula is C11H10ClN3S2. The molecule has 0 aliphatic heterocycles. The molecule has 0 aliphatic carbocycles. The molecule has 6 heteroatoms. The molecule has 3 N–H and O–H groups in total. The molecule has 0 radical (unpaired) electrons. The molecule has 0 saturated carbocycles. The van der Waals surface area contributed by atoms with Gasteiger partial charge in [-0.25, -0.2) is 4.98 Å². The number of rotatable bonds is 4. The lowest BCUT2D eigenvalue weighted by atomic mass is 10.2. The van der Waals surface area contributed by atoms with Gasteiger partial charge in [-0.05, 0) is 18.2 Å². The quantitative estimate of drug-likeness (QED) is 0.847. The smallest absolute Gasteiger partial charge is 0.112 e. The van der Waals surface area contributed by atoms with Gasteiger partial charge in [-0.1, -0.05) is 23.8 Å². The monoisotopic (exact) mass is 283 g/mol. The fourth-order valence-electron chi connectivity index (χ4n) is 1.39. The Kier molecular flexibility index (Phi) is 3.93. The van der Waals surface area contributed by atoms with Crippen LogP contribution in [0.3, 0.4) is 0 Å². The summed E-state index contributed by atoms with van der Waals surface area (Å²) >= 11 is 12.5. The van der Waals surface area contributed by atoms with Gasteiger partial charge in [0.15, 0.2) is 0 Å². The van der Waals surface area contributed by atoms with Gasteiger partial charge in [0.25, 0.3) is 0 Å². The second kappa shape index (κ2) is 5.44. The normalized spacial score (nSPS) is 10.2. The van der Waals surface area contributed by atoms with Gasteiger partial charge in [0.1, 0.15) is 10.00 Å². The lowest BCUT2D eigenvalue weighted by molar-refractivity contribution is 1.10. The van der Waals surface area contributed by atoms with Crippen LogP contribution in [0.1, 0.15) is 10.6 Å². The molecule has 1 heterocycles. The predicted molar refractivity (Wildman–Crippen MR) is 76.8 cm³/mol. The molecule has 0 bridgehead atoms. The fraction of sp³-hybridized carbons (Fsp3) is 0.0909. The van der Waals surface area contributed by atoms with Gasteiger partial charge in [-0.3, -0.25) is 0 Å². The van der Waals surface area contributed by atoms with Crippen molar-refractivity contribution in [2.45, 2.75) is 6.54 Å². The van der Waals surface area contributed by atoms with Crippen molar-refractivity contribution in [2.24, 2.45) is 5.73 Å². The molecule has 2 rings (SSSR count). The lowest BCUT2D eigenvalue weighted by Gasteiger charge is -2.10. The molecule has 0 spiro atoms. The summed E-state index contributed by atoms with van der Waals surface area (Å²) in [6, 6.07) is 5.39. The number of benzene rings is 1. The van der Waals surface area contributed by atoms with Crippen LogP contribution in [-0.4, -0.2) is 9.97 Å². The van der Waals surface area contributed by atoms with Crippen LogP contribution in [0.4, 0.5) is 5.69 Å². The topological polar surface area (TPSA) is 50.9 Å². The van der Waals surface area contributed by atoms with E-state index in [1.165, 1.54) is 0 Å². The zero-order valence-corrected chi connectivity index (χ0v) is 11.2. The summed E-state index contributed by atoms with van der Waals surface area (Å²) in [4.78, 5) is 4.54. The van der Waals surface area contributed by atoms with Crippen molar-refractivity contribution in [1.82, 2.24) is 4.98 Å². The van der Waals surface area contributed by atoms with Gasteiger partial charge in [0.2, 0.25) is 0 Å². The number of anilines is 1. The maximum Gasteiger partial charge on any atom is 0.112 e. The van der Waals surface area contributed by atoms with Crippen molar-refractivity contribution in [3.8, 4) is 0 Å². The van der Waals surface area contributed by atoms with E-state index < -0.39 is 0 Å². The number of thiazole rings is 1. The van der Waals surface area contributed by atoms with Crippen molar-refractivity contribution in [3.63, 3.8) is 0 Å². The van der Waals surface area contributed by atoms with Gasteiger partial charge < -0.3 is 11.1 Å². The summed E-state index contributed by atoms with van der Waals surface area (Å²) in [6.07, 6.45) is 1.77. The van der Waals surface area contributed by atoms with Crippen LogP contribution in [-0.2, 0) is 6.54 Å². The van der Waals surface area contributed by atoms with E-state index in [1.54, 1.807) is 23.6 Å².